The van der Waals surface area contributed by atoms with E-state index in [1.165, 1.54) is 6.07 Å². The summed E-state index contributed by atoms with van der Waals surface area (Å²) in [6, 6.07) is 8.71. The van der Waals surface area contributed by atoms with E-state index < -0.39 is 17.6 Å². The van der Waals surface area contributed by atoms with Gasteiger partial charge in [-0.25, -0.2) is 18.6 Å². The van der Waals surface area contributed by atoms with Crippen LogP contribution in [-0.2, 0) is 0 Å². The number of hydrogen-bond acceptors (Lipinski definition) is 2. The van der Waals surface area contributed by atoms with Crippen molar-refractivity contribution in [3.05, 3.63) is 64.7 Å². The van der Waals surface area contributed by atoms with Crippen molar-refractivity contribution in [1.29, 1.82) is 0 Å². The van der Waals surface area contributed by atoms with Crippen LogP contribution in [0.5, 0.6) is 0 Å². The van der Waals surface area contributed by atoms with Crippen molar-refractivity contribution in [3.63, 3.8) is 0 Å². The molecule has 1 heterocycles. The molecule has 0 spiro atoms. The molecule has 1 aromatic heterocycles. The van der Waals surface area contributed by atoms with Gasteiger partial charge in [-0.1, -0.05) is 17.7 Å². The number of nitrogens with zero attached hydrogens (tertiary/aromatic N) is 1. The number of fused-ring (bicyclic) bond motifs is 1. The number of rotatable bonds is 2. The molecule has 23 heavy (non-hydrogen) atoms. The highest BCUT2D eigenvalue weighted by atomic mass is 19.1. The Morgan fingerprint density at radius 1 is 1.09 bits per heavy atom. The van der Waals surface area contributed by atoms with Gasteiger partial charge in [-0.05, 0) is 37.6 Å². The zero-order valence-electron chi connectivity index (χ0n) is 12.5. The molecule has 5 heteroatoms. The maximum atomic E-state index is 14.1. The van der Waals surface area contributed by atoms with E-state index in [1.54, 1.807) is 0 Å². The van der Waals surface area contributed by atoms with E-state index >= 15 is 0 Å². The number of carbonyl (C=O) groups is 1. The topological polar surface area (TPSA) is 50.2 Å². The van der Waals surface area contributed by atoms with Crippen molar-refractivity contribution in [3.8, 4) is 11.3 Å². The number of pyridine rings is 1. The van der Waals surface area contributed by atoms with E-state index in [9.17, 15) is 18.7 Å². The van der Waals surface area contributed by atoms with Crippen molar-refractivity contribution < 1.29 is 18.7 Å². The molecule has 0 unspecified atom stereocenters. The summed E-state index contributed by atoms with van der Waals surface area (Å²) >= 11 is 0. The lowest BCUT2D eigenvalue weighted by molar-refractivity contribution is 0.0699. The minimum Gasteiger partial charge on any atom is -0.478 e. The Bertz CT molecular complexity index is 951. The van der Waals surface area contributed by atoms with E-state index in [-0.39, 0.29) is 16.5 Å². The van der Waals surface area contributed by atoms with Crippen LogP contribution in [0.1, 0.15) is 21.5 Å². The lowest BCUT2D eigenvalue weighted by Gasteiger charge is -2.11. The number of halogens is 2. The van der Waals surface area contributed by atoms with Crippen LogP contribution in [0.25, 0.3) is 22.2 Å². The highest BCUT2D eigenvalue weighted by molar-refractivity contribution is 6.04. The molecule has 3 rings (SSSR count). The Kier molecular flexibility index (Phi) is 3.56. The maximum Gasteiger partial charge on any atom is 0.336 e. The van der Waals surface area contributed by atoms with Crippen LogP contribution in [0.3, 0.4) is 0 Å². The summed E-state index contributed by atoms with van der Waals surface area (Å²) in [6.07, 6.45) is 0. The first kappa shape index (κ1) is 15.1. The monoisotopic (exact) mass is 313 g/mol. The summed E-state index contributed by atoms with van der Waals surface area (Å²) in [6.45, 7) is 3.76. The molecule has 1 N–H and O–H groups in total. The fraction of sp³-hybridized carbons (Fsp3) is 0.111. The van der Waals surface area contributed by atoms with Crippen LogP contribution >= 0.6 is 0 Å². The standard InChI is InChI=1S/C18H13F2NO2/c1-9-3-4-10(2)12(5-9)16-8-14(18(22)23)13-6-11(19)7-15(20)17(13)21-16/h3-8H,1-2H3,(H,22,23). The zero-order valence-corrected chi connectivity index (χ0v) is 12.5. The zero-order chi connectivity index (χ0) is 16.7. The van der Waals surface area contributed by atoms with Crippen LogP contribution in [0.2, 0.25) is 0 Å². The number of aromatic carboxylic acids is 1. The number of aryl methyl sites for hydroxylation is 2. The van der Waals surface area contributed by atoms with E-state index in [1.807, 2.05) is 32.0 Å². The van der Waals surface area contributed by atoms with Gasteiger partial charge in [-0.2, -0.15) is 0 Å². The average Bonchev–Trinajstić information content (AvgIpc) is 2.48. The fourth-order valence-electron chi connectivity index (χ4n) is 2.58. The summed E-state index contributed by atoms with van der Waals surface area (Å²) in [5.41, 5.74) is 2.61. The molecule has 0 aliphatic carbocycles. The van der Waals surface area contributed by atoms with Crippen molar-refractivity contribution in [2.24, 2.45) is 0 Å². The molecular formula is C18H13F2NO2. The Balaban J connectivity index is 2.40. The number of aromatic nitrogens is 1. The average molecular weight is 313 g/mol. The predicted octanol–water partition coefficient (Wildman–Crippen LogP) is 4.50. The summed E-state index contributed by atoms with van der Waals surface area (Å²) in [4.78, 5) is 15.7. The van der Waals surface area contributed by atoms with Gasteiger partial charge in [0.05, 0.1) is 11.3 Å². The van der Waals surface area contributed by atoms with Gasteiger partial charge < -0.3 is 5.11 Å². The molecule has 116 valence electrons. The Morgan fingerprint density at radius 2 is 1.83 bits per heavy atom. The van der Waals surface area contributed by atoms with E-state index in [0.717, 1.165) is 22.8 Å². The molecule has 0 saturated heterocycles. The molecule has 0 fully saturated rings. The van der Waals surface area contributed by atoms with Gasteiger partial charge in [0.15, 0.2) is 5.82 Å². The van der Waals surface area contributed by atoms with Crippen LogP contribution < -0.4 is 0 Å². The second-order valence-electron chi connectivity index (χ2n) is 5.46. The molecule has 3 aromatic rings. The van der Waals surface area contributed by atoms with E-state index in [2.05, 4.69) is 4.98 Å². The minimum atomic E-state index is -1.26. The number of carboxylic acids is 1. The van der Waals surface area contributed by atoms with Crippen LogP contribution in [-0.4, -0.2) is 16.1 Å². The van der Waals surface area contributed by atoms with Gasteiger partial charge in [-0.3, -0.25) is 0 Å². The molecule has 3 nitrogen and oxygen atoms in total. The third kappa shape index (κ3) is 2.65. The number of carboxylic acid groups (broad SMARTS) is 1. The van der Waals surface area contributed by atoms with Gasteiger partial charge in [0.2, 0.25) is 0 Å². The summed E-state index contributed by atoms with van der Waals surface area (Å²) in [7, 11) is 0. The molecule has 0 atom stereocenters. The molecule has 2 aromatic carbocycles. The number of benzene rings is 2. The summed E-state index contributed by atoms with van der Waals surface area (Å²) in [5, 5.41) is 9.34. The number of hydrogen-bond donors (Lipinski definition) is 1. The third-order valence-electron chi connectivity index (χ3n) is 3.73. The Labute approximate surface area is 131 Å². The molecular weight excluding hydrogens is 300 g/mol. The third-order valence-corrected chi connectivity index (χ3v) is 3.73. The van der Waals surface area contributed by atoms with Gasteiger partial charge in [0.1, 0.15) is 11.3 Å². The van der Waals surface area contributed by atoms with Gasteiger partial charge >= 0.3 is 5.97 Å². The molecule has 0 saturated carbocycles. The van der Waals surface area contributed by atoms with Gasteiger partial charge in [0, 0.05) is 17.0 Å². The fourth-order valence-corrected chi connectivity index (χ4v) is 2.58. The van der Waals surface area contributed by atoms with Crippen LogP contribution in [0.15, 0.2) is 36.4 Å². The second-order valence-corrected chi connectivity index (χ2v) is 5.46. The highest BCUT2D eigenvalue weighted by Crippen LogP contribution is 2.29. The second kappa shape index (κ2) is 5.43. The van der Waals surface area contributed by atoms with Gasteiger partial charge in [0.25, 0.3) is 0 Å². The molecule has 0 amide bonds. The molecule has 0 aliphatic heterocycles. The quantitative estimate of drug-likeness (QED) is 0.758. The summed E-state index contributed by atoms with van der Waals surface area (Å²) < 4.78 is 27.5. The van der Waals surface area contributed by atoms with Crippen molar-refractivity contribution in [2.45, 2.75) is 13.8 Å². The predicted molar refractivity (Wildman–Crippen MR) is 83.5 cm³/mol. The molecule has 0 aliphatic rings. The van der Waals surface area contributed by atoms with Crippen LogP contribution in [0, 0.1) is 25.5 Å². The first-order valence-electron chi connectivity index (χ1n) is 6.97. The minimum absolute atomic E-state index is 0.0518. The SMILES string of the molecule is Cc1ccc(C)c(-c2cc(C(=O)O)c3cc(F)cc(F)c3n2)c1. The highest BCUT2D eigenvalue weighted by Gasteiger charge is 2.17. The molecule has 0 bridgehead atoms. The van der Waals surface area contributed by atoms with Crippen LogP contribution in [0.4, 0.5) is 8.78 Å². The Hall–Kier alpha value is -2.82. The lowest BCUT2D eigenvalue weighted by Crippen LogP contribution is -2.02. The van der Waals surface area contributed by atoms with Gasteiger partial charge in [-0.15, -0.1) is 0 Å². The first-order valence-corrected chi connectivity index (χ1v) is 6.97. The summed E-state index contributed by atoms with van der Waals surface area (Å²) in [5.74, 6) is -2.97. The smallest absolute Gasteiger partial charge is 0.336 e. The normalized spacial score (nSPS) is 11.0. The maximum absolute atomic E-state index is 14.1. The van der Waals surface area contributed by atoms with Crippen molar-refractivity contribution in [1.82, 2.24) is 4.98 Å². The molecule has 0 radical (unpaired) electrons. The van der Waals surface area contributed by atoms with E-state index in [0.29, 0.717) is 11.8 Å². The largest absolute Gasteiger partial charge is 0.478 e. The first-order chi connectivity index (χ1) is 10.9. The lowest BCUT2D eigenvalue weighted by atomic mass is 9.99. The van der Waals surface area contributed by atoms with Crippen molar-refractivity contribution >= 4 is 16.9 Å². The van der Waals surface area contributed by atoms with E-state index in [4.69, 9.17) is 0 Å². The Morgan fingerprint density at radius 3 is 2.52 bits per heavy atom. The van der Waals surface area contributed by atoms with Crippen molar-refractivity contribution in [2.75, 3.05) is 0 Å².